The van der Waals surface area contributed by atoms with E-state index in [2.05, 4.69) is 281 Å². The van der Waals surface area contributed by atoms with Crippen LogP contribution in [0, 0.1) is 0 Å². The van der Waals surface area contributed by atoms with E-state index in [9.17, 15) is 0 Å². The number of hydrogen-bond donors (Lipinski definition) is 0. The molecule has 5 nitrogen and oxygen atoms in total. The van der Waals surface area contributed by atoms with Crippen molar-refractivity contribution in [3.8, 4) is 39.6 Å². The van der Waals surface area contributed by atoms with Crippen molar-refractivity contribution in [1.29, 1.82) is 0 Å². The Bertz CT molecular complexity index is 3570. The van der Waals surface area contributed by atoms with Crippen LogP contribution in [0.1, 0.15) is 70.7 Å². The number of pyridine rings is 1. The third kappa shape index (κ3) is 8.67. The molecule has 71 heavy (non-hydrogen) atoms. The van der Waals surface area contributed by atoms with Gasteiger partial charge in [-0.05, 0) is 105 Å². The van der Waals surface area contributed by atoms with Crippen LogP contribution in [0.2, 0.25) is 0 Å². The largest absolute Gasteiger partial charge is 0.457 e. The van der Waals surface area contributed by atoms with Crippen molar-refractivity contribution in [2.45, 2.75) is 64.7 Å². The molecule has 0 atom stereocenters. The van der Waals surface area contributed by atoms with E-state index in [-0.39, 0.29) is 16.2 Å². The van der Waals surface area contributed by atoms with Gasteiger partial charge in [0.1, 0.15) is 17.3 Å². The molecule has 0 unspecified atom stereocenters. The van der Waals surface area contributed by atoms with Gasteiger partial charge >= 0.3 is 0 Å². The quantitative estimate of drug-likeness (QED) is 0.129. The predicted molar refractivity (Wildman–Crippen MR) is 297 cm³/mol. The second-order valence-corrected chi connectivity index (χ2v) is 21.0. The van der Waals surface area contributed by atoms with Gasteiger partial charge in [-0.15, -0.1) is 0 Å². The Balaban J connectivity index is 1.02. The van der Waals surface area contributed by atoms with E-state index in [1.165, 1.54) is 44.5 Å². The summed E-state index contributed by atoms with van der Waals surface area (Å²) in [5.41, 5.74) is 14.5. The second-order valence-electron chi connectivity index (χ2n) is 21.0. The summed E-state index contributed by atoms with van der Waals surface area (Å²) < 4.78 is 9.35. The molecule has 0 radical (unpaired) electrons. The molecule has 3 heterocycles. The molecule has 350 valence electrons. The number of rotatable bonds is 11. The lowest BCUT2D eigenvalue weighted by Gasteiger charge is -2.35. The van der Waals surface area contributed by atoms with Crippen LogP contribution in [0.4, 0.5) is 11.4 Å². The number of anilines is 2. The Hall–Kier alpha value is -8.15. The minimum Gasteiger partial charge on any atom is -0.457 e. The number of nitrogens with zero attached hydrogens (tertiary/aromatic N) is 4. The van der Waals surface area contributed by atoms with Gasteiger partial charge in [-0.1, -0.05) is 194 Å². The van der Waals surface area contributed by atoms with Gasteiger partial charge in [0.05, 0.1) is 17.7 Å². The van der Waals surface area contributed by atoms with Crippen LogP contribution >= 0.6 is 0 Å². The Morgan fingerprint density at radius 2 is 1.00 bits per heavy atom. The summed E-state index contributed by atoms with van der Waals surface area (Å²) in [4.78, 5) is 9.92. The average Bonchev–Trinajstić information content (AvgIpc) is 4.00. The Kier molecular flexibility index (Phi) is 11.5. The zero-order valence-electron chi connectivity index (χ0n) is 41.8. The summed E-state index contributed by atoms with van der Waals surface area (Å²) in [5, 5.41) is 2.31. The monoisotopic (exact) mass is 924 g/mol. The lowest BCUT2D eigenvalue weighted by molar-refractivity contribution is 0.483. The van der Waals surface area contributed by atoms with Crippen LogP contribution in [0.15, 0.2) is 230 Å². The highest BCUT2D eigenvalue weighted by atomic mass is 16.5. The van der Waals surface area contributed by atoms with Gasteiger partial charge in [-0.25, -0.2) is 4.98 Å². The Labute approximate surface area is 419 Å². The summed E-state index contributed by atoms with van der Waals surface area (Å²) in [6, 6.07) is 76.2. The molecular formula is C66H60N4O. The molecule has 1 aliphatic heterocycles. The summed E-state index contributed by atoms with van der Waals surface area (Å²) >= 11 is 0. The molecule has 0 saturated heterocycles. The molecule has 8 aromatic carbocycles. The van der Waals surface area contributed by atoms with Crippen LogP contribution < -0.4 is 14.5 Å². The maximum atomic E-state index is 7.07. The van der Waals surface area contributed by atoms with Crippen molar-refractivity contribution in [2.24, 2.45) is 0 Å². The van der Waals surface area contributed by atoms with E-state index >= 15 is 0 Å². The molecular weight excluding hydrogens is 865 g/mol. The highest BCUT2D eigenvalue weighted by molar-refractivity contribution is 6.09. The van der Waals surface area contributed by atoms with Crippen LogP contribution in [0.25, 0.3) is 49.9 Å². The van der Waals surface area contributed by atoms with E-state index in [4.69, 9.17) is 9.72 Å². The van der Waals surface area contributed by atoms with E-state index in [1.54, 1.807) is 0 Å². The SMILES string of the molecule is CC(C)(C)c1cc(-c2ccccc2)cc(N2CN(c3cc(Oc4ccc5c6ccccc6n(-c6cc(C(C)(C)c7ccccc7)ccn6)c5c4)cc(-c4ccccc4)c3)C=C2C(C)(C)c2ccccc2)c1. The fraction of sp³-hybridized carbons (Fsp3) is 0.167. The highest BCUT2D eigenvalue weighted by Crippen LogP contribution is 2.45. The van der Waals surface area contributed by atoms with Gasteiger partial charge in [0, 0.05) is 63.2 Å². The number of hydrogen-bond acceptors (Lipinski definition) is 4. The summed E-state index contributed by atoms with van der Waals surface area (Å²) in [7, 11) is 0. The van der Waals surface area contributed by atoms with Gasteiger partial charge in [-0.2, -0.15) is 0 Å². The topological polar surface area (TPSA) is 33.5 Å². The summed E-state index contributed by atoms with van der Waals surface area (Å²) in [6.07, 6.45) is 4.30. The lowest BCUT2D eigenvalue weighted by atomic mass is 9.78. The van der Waals surface area contributed by atoms with Gasteiger partial charge in [0.2, 0.25) is 0 Å². The fourth-order valence-corrected chi connectivity index (χ4v) is 10.3. The zero-order chi connectivity index (χ0) is 48.9. The highest BCUT2D eigenvalue weighted by Gasteiger charge is 2.37. The molecule has 1 aliphatic rings. The van der Waals surface area contributed by atoms with E-state index in [0.29, 0.717) is 6.67 Å². The molecule has 0 aliphatic carbocycles. The first-order chi connectivity index (χ1) is 34.3. The van der Waals surface area contributed by atoms with Crippen LogP contribution in [0.5, 0.6) is 11.5 Å². The molecule has 0 amide bonds. The van der Waals surface area contributed by atoms with E-state index < -0.39 is 0 Å². The van der Waals surface area contributed by atoms with Crippen molar-refractivity contribution in [3.05, 3.63) is 253 Å². The first-order valence-corrected chi connectivity index (χ1v) is 24.8. The molecule has 0 fully saturated rings. The standard InChI is InChI=1S/C66H60N4O/c1-64(2,3)53-36-48(46-22-12-8-13-23-46)38-55(40-53)69-45-68(44-62(69)66(6,7)51-28-18-11-19-29-51)54-37-49(47-24-14-9-15-25-47)39-57(42-54)71-56-32-33-59-58-30-20-21-31-60(58)70(61(59)43-56)63-41-52(34-35-67-63)65(4,5)50-26-16-10-17-27-50/h8-44H,45H2,1-7H3. The van der Waals surface area contributed by atoms with Crippen LogP contribution in [-0.4, -0.2) is 16.2 Å². The van der Waals surface area contributed by atoms with Crippen molar-refractivity contribution in [3.63, 3.8) is 0 Å². The van der Waals surface area contributed by atoms with Crippen molar-refractivity contribution >= 4 is 33.2 Å². The molecule has 0 bridgehead atoms. The van der Waals surface area contributed by atoms with E-state index in [1.807, 2.05) is 6.20 Å². The van der Waals surface area contributed by atoms with Gasteiger partial charge in [0.25, 0.3) is 0 Å². The zero-order valence-corrected chi connectivity index (χ0v) is 41.8. The maximum absolute atomic E-state index is 7.07. The molecule has 10 aromatic rings. The Morgan fingerprint density at radius 1 is 0.423 bits per heavy atom. The predicted octanol–water partition coefficient (Wildman–Crippen LogP) is 17.0. The van der Waals surface area contributed by atoms with Crippen LogP contribution in [0.3, 0.4) is 0 Å². The third-order valence-electron chi connectivity index (χ3n) is 14.6. The number of fused-ring (bicyclic) bond motifs is 3. The number of ether oxygens (including phenoxy) is 1. The summed E-state index contributed by atoms with van der Waals surface area (Å²) in [5.74, 6) is 2.37. The number of benzene rings is 8. The van der Waals surface area contributed by atoms with Crippen molar-refractivity contribution in [2.75, 3.05) is 16.5 Å². The van der Waals surface area contributed by atoms with Gasteiger partial charge in [-0.3, -0.25) is 4.57 Å². The first kappa shape index (κ1) is 45.3. The molecule has 2 aromatic heterocycles. The number of aromatic nitrogens is 2. The molecule has 0 spiro atoms. The summed E-state index contributed by atoms with van der Waals surface area (Å²) in [6.45, 7) is 16.8. The van der Waals surface area contributed by atoms with Crippen LogP contribution in [-0.2, 0) is 16.2 Å². The third-order valence-corrected chi connectivity index (χ3v) is 14.6. The van der Waals surface area contributed by atoms with Gasteiger partial charge in [0.15, 0.2) is 0 Å². The first-order valence-electron chi connectivity index (χ1n) is 24.8. The number of allylic oxidation sites excluding steroid dienone is 1. The fourth-order valence-electron chi connectivity index (χ4n) is 10.3. The van der Waals surface area contributed by atoms with E-state index in [0.717, 1.165) is 56.2 Å². The normalized spacial score (nSPS) is 13.3. The smallest absolute Gasteiger partial charge is 0.137 e. The van der Waals surface area contributed by atoms with Crippen molar-refractivity contribution in [1.82, 2.24) is 9.55 Å². The maximum Gasteiger partial charge on any atom is 0.137 e. The Morgan fingerprint density at radius 3 is 1.66 bits per heavy atom. The molecule has 11 rings (SSSR count). The lowest BCUT2D eigenvalue weighted by Crippen LogP contribution is -2.34. The minimum absolute atomic E-state index is 0.0642. The van der Waals surface area contributed by atoms with Crippen molar-refractivity contribution < 1.29 is 4.74 Å². The van der Waals surface area contributed by atoms with Gasteiger partial charge < -0.3 is 14.5 Å². The second kappa shape index (κ2) is 18.0. The molecule has 0 saturated carbocycles. The molecule has 0 N–H and O–H groups in total. The average molecular weight is 925 g/mol. The number of para-hydroxylation sites is 1. The minimum atomic E-state index is -0.337. The molecule has 5 heteroatoms.